The van der Waals surface area contributed by atoms with E-state index < -0.39 is 5.92 Å². The second-order valence-electron chi connectivity index (χ2n) is 8.07. The van der Waals surface area contributed by atoms with Gasteiger partial charge in [-0.1, -0.05) is 30.0 Å². The predicted molar refractivity (Wildman–Crippen MR) is 130 cm³/mol. The first kappa shape index (κ1) is 21.0. The van der Waals surface area contributed by atoms with Crippen LogP contribution in [0, 0.1) is 16.7 Å². The van der Waals surface area contributed by atoms with E-state index in [0.717, 1.165) is 44.7 Å². The van der Waals surface area contributed by atoms with Crippen molar-refractivity contribution in [2.24, 2.45) is 0 Å². The third-order valence-electron chi connectivity index (χ3n) is 6.05. The molecule has 5 rings (SSSR count). The molecule has 1 amide bonds. The van der Waals surface area contributed by atoms with E-state index >= 15 is 0 Å². The van der Waals surface area contributed by atoms with Gasteiger partial charge in [-0.15, -0.1) is 0 Å². The molecule has 8 heteroatoms. The van der Waals surface area contributed by atoms with Crippen molar-refractivity contribution in [2.75, 3.05) is 7.05 Å². The molecule has 1 saturated heterocycles. The van der Waals surface area contributed by atoms with Crippen LogP contribution in [-0.2, 0) is 11.3 Å². The van der Waals surface area contributed by atoms with Crippen molar-refractivity contribution >= 4 is 40.1 Å². The number of amides is 1. The predicted octanol–water partition coefficient (Wildman–Crippen LogP) is 4.40. The highest BCUT2D eigenvalue weighted by Gasteiger charge is 2.37. The molecule has 1 fully saturated rings. The molecule has 0 bridgehead atoms. The fraction of sp³-hybridized carbons (Fsp3) is 0.200. The smallest absolute Gasteiger partial charge is 0.242 e. The Morgan fingerprint density at radius 3 is 2.94 bits per heavy atom. The fourth-order valence-corrected chi connectivity index (χ4v) is 5.24. The Bertz CT molecular complexity index is 1410. The summed E-state index contributed by atoms with van der Waals surface area (Å²) in [5, 5.41) is 28.3. The van der Waals surface area contributed by atoms with Gasteiger partial charge in [-0.25, -0.2) is 0 Å². The molecular weight excluding hydrogens is 432 g/mol. The van der Waals surface area contributed by atoms with E-state index in [-0.39, 0.29) is 11.9 Å². The first-order valence-corrected chi connectivity index (χ1v) is 11.6. The molecule has 0 unspecified atom stereocenters. The van der Waals surface area contributed by atoms with E-state index in [0.29, 0.717) is 12.0 Å². The highest BCUT2D eigenvalue weighted by atomic mass is 32.2. The summed E-state index contributed by atoms with van der Waals surface area (Å²) >= 11 is 1.57. The van der Waals surface area contributed by atoms with E-state index in [2.05, 4.69) is 21.9 Å². The van der Waals surface area contributed by atoms with Crippen molar-refractivity contribution in [1.82, 2.24) is 20.0 Å². The Labute approximate surface area is 195 Å². The fourth-order valence-electron chi connectivity index (χ4n) is 4.20. The lowest BCUT2D eigenvalue weighted by atomic mass is 9.90. The molecule has 3 aromatic rings. The van der Waals surface area contributed by atoms with Crippen LogP contribution in [0.4, 0.5) is 0 Å². The van der Waals surface area contributed by atoms with E-state index in [1.54, 1.807) is 24.9 Å². The van der Waals surface area contributed by atoms with Crippen molar-refractivity contribution in [3.05, 3.63) is 81.4 Å². The maximum absolute atomic E-state index is 13.4. The van der Waals surface area contributed by atoms with Crippen molar-refractivity contribution in [1.29, 1.82) is 10.7 Å². The van der Waals surface area contributed by atoms with Gasteiger partial charge in [0.1, 0.15) is 5.92 Å². The van der Waals surface area contributed by atoms with Gasteiger partial charge >= 0.3 is 0 Å². The van der Waals surface area contributed by atoms with Crippen LogP contribution >= 0.6 is 11.8 Å². The van der Waals surface area contributed by atoms with E-state index in [1.807, 2.05) is 54.2 Å². The average molecular weight is 455 g/mol. The SMILES string of the molecule is CCn1cc2cc([C@H]3C(=O)N(C)C(=N)N/C3=C3\CC(c4cccc(C#N)c4)=CS3)ccc2n1. The second kappa shape index (κ2) is 8.26. The van der Waals surface area contributed by atoms with Crippen LogP contribution in [0.1, 0.15) is 36.0 Å². The van der Waals surface area contributed by atoms with Crippen LogP contribution in [0.15, 0.2) is 64.7 Å². The number of benzene rings is 2. The Morgan fingerprint density at radius 1 is 1.30 bits per heavy atom. The van der Waals surface area contributed by atoms with Crippen molar-refractivity contribution in [3.63, 3.8) is 0 Å². The molecule has 3 heterocycles. The number of guanidine groups is 1. The van der Waals surface area contributed by atoms with Gasteiger partial charge in [0.2, 0.25) is 11.9 Å². The van der Waals surface area contributed by atoms with E-state index in [4.69, 9.17) is 5.41 Å². The van der Waals surface area contributed by atoms with Gasteiger partial charge in [-0.05, 0) is 53.3 Å². The zero-order chi connectivity index (χ0) is 23.1. The molecule has 7 nitrogen and oxygen atoms in total. The van der Waals surface area contributed by atoms with Gasteiger partial charge in [0.05, 0.1) is 17.1 Å². The zero-order valence-electron chi connectivity index (χ0n) is 18.3. The number of nitrogens with zero attached hydrogens (tertiary/aromatic N) is 4. The third kappa shape index (κ3) is 3.70. The topological polar surface area (TPSA) is 97.8 Å². The van der Waals surface area contributed by atoms with Crippen LogP contribution in [0.3, 0.4) is 0 Å². The van der Waals surface area contributed by atoms with Gasteiger partial charge in [-0.2, -0.15) is 10.4 Å². The Kier molecular flexibility index (Phi) is 5.27. The van der Waals surface area contributed by atoms with Gasteiger partial charge in [0.25, 0.3) is 0 Å². The molecule has 1 aromatic heterocycles. The molecule has 2 N–H and O–H groups in total. The minimum absolute atomic E-state index is 0.0687. The molecule has 0 spiro atoms. The summed E-state index contributed by atoms with van der Waals surface area (Å²) < 4.78 is 1.88. The highest BCUT2D eigenvalue weighted by molar-refractivity contribution is 8.06. The van der Waals surface area contributed by atoms with Crippen molar-refractivity contribution in [3.8, 4) is 6.07 Å². The molecule has 0 radical (unpaired) electrons. The highest BCUT2D eigenvalue weighted by Crippen LogP contribution is 2.44. The summed E-state index contributed by atoms with van der Waals surface area (Å²) in [6.07, 6.45) is 2.63. The van der Waals surface area contributed by atoms with Gasteiger partial charge in [0, 0.05) is 42.2 Å². The largest absolute Gasteiger partial charge is 0.328 e. The lowest BCUT2D eigenvalue weighted by molar-refractivity contribution is -0.128. The molecule has 164 valence electrons. The number of carbonyl (C=O) groups excluding carboxylic acids is 1. The summed E-state index contributed by atoms with van der Waals surface area (Å²) in [7, 11) is 1.62. The first-order valence-electron chi connectivity index (χ1n) is 10.7. The molecule has 2 aromatic carbocycles. The van der Waals surface area contributed by atoms with Gasteiger partial charge < -0.3 is 5.32 Å². The third-order valence-corrected chi connectivity index (χ3v) is 7.10. The summed E-state index contributed by atoms with van der Waals surface area (Å²) in [5.74, 6) is -0.595. The minimum atomic E-state index is -0.529. The normalized spacial score (nSPS) is 20.7. The van der Waals surface area contributed by atoms with Crippen LogP contribution < -0.4 is 5.32 Å². The quantitative estimate of drug-likeness (QED) is 0.611. The number of allylic oxidation sites excluding steroid dienone is 2. The minimum Gasteiger partial charge on any atom is -0.328 e. The van der Waals surface area contributed by atoms with Gasteiger partial charge in [-0.3, -0.25) is 19.8 Å². The second-order valence-corrected chi connectivity index (χ2v) is 9.04. The number of nitrogens with one attached hydrogen (secondary N) is 2. The van der Waals surface area contributed by atoms with Crippen molar-refractivity contribution < 1.29 is 4.79 Å². The number of likely N-dealkylation sites (N-methyl/N-ethyl adjacent to an activating group) is 1. The summed E-state index contributed by atoms with van der Waals surface area (Å²) in [6, 6.07) is 15.7. The first-order chi connectivity index (χ1) is 16.0. The van der Waals surface area contributed by atoms with Crippen molar-refractivity contribution in [2.45, 2.75) is 25.8 Å². The number of aromatic nitrogens is 2. The van der Waals surface area contributed by atoms with E-state index in [1.165, 1.54) is 4.90 Å². The Morgan fingerprint density at radius 2 is 2.15 bits per heavy atom. The number of aryl methyl sites for hydroxylation is 1. The average Bonchev–Trinajstić information content (AvgIpc) is 3.49. The molecule has 33 heavy (non-hydrogen) atoms. The standard InChI is InChI=1S/C25H22N6OS/c1-3-31-13-18-10-17(7-8-20(18)29-31)22-23(28-25(27)30(2)24(22)32)21-11-19(14-33-21)16-6-4-5-15(9-16)12-26/h4-10,13-14,22H,3,11H2,1-2H3,(H2,27,28)/b23-21+/t22-/m1/s1. The summed E-state index contributed by atoms with van der Waals surface area (Å²) in [6.45, 7) is 2.82. The number of nitriles is 1. The zero-order valence-corrected chi connectivity index (χ0v) is 19.1. The molecule has 0 aliphatic carbocycles. The van der Waals surface area contributed by atoms with Gasteiger partial charge in [0.15, 0.2) is 0 Å². The van der Waals surface area contributed by atoms with Crippen LogP contribution in [0.25, 0.3) is 16.5 Å². The number of hydrogen-bond acceptors (Lipinski definition) is 5. The summed E-state index contributed by atoms with van der Waals surface area (Å²) in [4.78, 5) is 15.7. The maximum atomic E-state index is 13.4. The monoisotopic (exact) mass is 454 g/mol. The maximum Gasteiger partial charge on any atom is 0.242 e. The van der Waals surface area contributed by atoms with E-state index in [9.17, 15) is 10.1 Å². The molecule has 2 aliphatic rings. The number of carbonyl (C=O) groups is 1. The lowest BCUT2D eigenvalue weighted by Gasteiger charge is -2.34. The number of rotatable bonds is 3. The number of hydrogen-bond donors (Lipinski definition) is 2. The Hall–Kier alpha value is -3.83. The lowest BCUT2D eigenvalue weighted by Crippen LogP contribution is -2.51. The van der Waals surface area contributed by atoms with Crippen LogP contribution in [0.5, 0.6) is 0 Å². The molecule has 0 saturated carbocycles. The molecule has 1 atom stereocenters. The van der Waals surface area contributed by atoms with Crippen LogP contribution in [-0.4, -0.2) is 33.6 Å². The van der Waals surface area contributed by atoms with Crippen LogP contribution in [0.2, 0.25) is 0 Å². The molecule has 2 aliphatic heterocycles. The molecular formula is C25H22N6OS. The summed E-state index contributed by atoms with van der Waals surface area (Å²) in [5.41, 5.74) is 5.22. The Balaban J connectivity index is 1.55. The number of thioether (sulfide) groups is 1. The number of fused-ring (bicyclic) bond motifs is 1.